The Morgan fingerprint density at radius 1 is 0.750 bits per heavy atom. The van der Waals surface area contributed by atoms with E-state index < -0.39 is 8.32 Å². The molecular weight excluding hydrogens is 200 g/mol. The van der Waals surface area contributed by atoms with E-state index >= 15 is 0 Å². The first kappa shape index (κ1) is 15.4. The van der Waals surface area contributed by atoms with E-state index in [0.29, 0.717) is 16.6 Å². The molecule has 0 radical (unpaired) electrons. The van der Waals surface area contributed by atoms with Crippen molar-refractivity contribution < 1.29 is 26.5 Å². The van der Waals surface area contributed by atoms with Crippen molar-refractivity contribution in [3.8, 4) is 0 Å². The molecule has 0 spiro atoms. The van der Waals surface area contributed by atoms with Gasteiger partial charge in [-0.1, -0.05) is 41.5 Å². The Bertz CT molecular complexity index is 102. The molecule has 0 aromatic rings. The molecule has 0 aliphatic rings. The Kier molecular flexibility index (Phi) is 7.15. The molecule has 72 valence electrons. The Balaban J connectivity index is 0. The summed E-state index contributed by atoms with van der Waals surface area (Å²) in [5.41, 5.74) is 1.42. The summed E-state index contributed by atoms with van der Waals surface area (Å²) in [7, 11) is -1.98. The molecule has 0 aliphatic carbocycles. The second-order valence-electron chi connectivity index (χ2n) is 4.35. The van der Waals surface area contributed by atoms with Crippen molar-refractivity contribution in [2.75, 3.05) is 0 Å². The first-order chi connectivity index (χ1) is 4.83. The van der Waals surface area contributed by atoms with Crippen molar-refractivity contribution in [1.29, 1.82) is 0 Å². The normalized spacial score (nSPS) is 12.5. The summed E-state index contributed by atoms with van der Waals surface area (Å²) >= 11 is 0. The van der Waals surface area contributed by atoms with Crippen LogP contribution in [0.2, 0.25) is 16.6 Å². The van der Waals surface area contributed by atoms with Gasteiger partial charge in [-0.15, -0.1) is 0 Å². The van der Waals surface area contributed by atoms with Crippen LogP contribution in [-0.4, -0.2) is 13.1 Å². The summed E-state index contributed by atoms with van der Waals surface area (Å²) in [4.78, 5) is 10.4. The van der Waals surface area contributed by atoms with Crippen molar-refractivity contribution in [2.45, 2.75) is 58.2 Å². The minimum atomic E-state index is -1.98. The third kappa shape index (κ3) is 2.99. The van der Waals surface area contributed by atoms with Gasteiger partial charge in [0.25, 0.3) is 0 Å². The van der Waals surface area contributed by atoms with Crippen LogP contribution in [0.25, 0.3) is 0 Å². The maximum atomic E-state index is 10.4. The van der Waals surface area contributed by atoms with E-state index in [1.165, 1.54) is 0 Å². The maximum absolute atomic E-state index is 10.4. The SMILES string of the molecule is CC(C)[Si](O)(C(C)C)C(C)C.[Ti]. The van der Waals surface area contributed by atoms with Crippen molar-refractivity contribution in [3.05, 3.63) is 0 Å². The number of rotatable bonds is 3. The van der Waals surface area contributed by atoms with E-state index in [9.17, 15) is 4.80 Å². The van der Waals surface area contributed by atoms with Crippen molar-refractivity contribution in [3.63, 3.8) is 0 Å². The summed E-state index contributed by atoms with van der Waals surface area (Å²) in [6, 6.07) is 0. The third-order valence-electron chi connectivity index (χ3n) is 2.77. The first-order valence-electron chi connectivity index (χ1n) is 4.55. The van der Waals surface area contributed by atoms with Gasteiger partial charge in [-0.3, -0.25) is 0 Å². The zero-order valence-electron chi connectivity index (χ0n) is 9.18. The Morgan fingerprint density at radius 3 is 0.917 bits per heavy atom. The largest absolute Gasteiger partial charge is 0.431 e. The van der Waals surface area contributed by atoms with Crippen LogP contribution in [0, 0.1) is 0 Å². The van der Waals surface area contributed by atoms with E-state index in [4.69, 9.17) is 0 Å². The zero-order chi connectivity index (χ0) is 9.23. The second-order valence-corrected chi connectivity index (χ2v) is 9.59. The van der Waals surface area contributed by atoms with Gasteiger partial charge in [-0.05, 0) is 16.6 Å². The molecule has 0 heterocycles. The summed E-state index contributed by atoms with van der Waals surface area (Å²) in [6.07, 6.45) is 0. The van der Waals surface area contributed by atoms with Crippen molar-refractivity contribution in [1.82, 2.24) is 0 Å². The molecule has 0 rings (SSSR count). The smallest absolute Gasteiger partial charge is 0.196 e. The minimum absolute atomic E-state index is 0. The van der Waals surface area contributed by atoms with Crippen molar-refractivity contribution >= 4 is 8.32 Å². The maximum Gasteiger partial charge on any atom is 0.196 e. The molecule has 0 unspecified atom stereocenters. The van der Waals surface area contributed by atoms with Crippen LogP contribution < -0.4 is 0 Å². The van der Waals surface area contributed by atoms with Crippen LogP contribution in [0.5, 0.6) is 0 Å². The average molecular weight is 222 g/mol. The van der Waals surface area contributed by atoms with Gasteiger partial charge in [-0.2, -0.15) is 0 Å². The molecule has 0 atom stereocenters. The molecule has 0 fully saturated rings. The van der Waals surface area contributed by atoms with E-state index in [1.54, 1.807) is 0 Å². The van der Waals surface area contributed by atoms with E-state index in [-0.39, 0.29) is 21.7 Å². The van der Waals surface area contributed by atoms with Gasteiger partial charge in [0.2, 0.25) is 0 Å². The van der Waals surface area contributed by atoms with Gasteiger partial charge in [-0.25, -0.2) is 0 Å². The molecule has 1 N–H and O–H groups in total. The molecule has 0 amide bonds. The molecule has 3 heteroatoms. The first-order valence-corrected chi connectivity index (χ1v) is 6.73. The van der Waals surface area contributed by atoms with E-state index in [1.807, 2.05) is 0 Å². The van der Waals surface area contributed by atoms with Gasteiger partial charge in [0, 0.05) is 21.7 Å². The predicted molar refractivity (Wildman–Crippen MR) is 53.3 cm³/mol. The van der Waals surface area contributed by atoms with Crippen molar-refractivity contribution in [2.24, 2.45) is 0 Å². The third-order valence-corrected chi connectivity index (χ3v) is 8.32. The minimum Gasteiger partial charge on any atom is -0.431 e. The number of hydrogen-bond acceptors (Lipinski definition) is 1. The van der Waals surface area contributed by atoms with E-state index in [0.717, 1.165) is 0 Å². The van der Waals surface area contributed by atoms with Crippen LogP contribution in [0.4, 0.5) is 0 Å². The molecule has 0 bridgehead atoms. The Labute approximate surface area is 93.0 Å². The molecule has 0 aromatic carbocycles. The summed E-state index contributed by atoms with van der Waals surface area (Å²) in [5, 5.41) is 0. The molecule has 0 saturated carbocycles. The van der Waals surface area contributed by atoms with Gasteiger partial charge in [0.15, 0.2) is 8.32 Å². The molecule has 1 nitrogen and oxygen atoms in total. The monoisotopic (exact) mass is 222 g/mol. The fraction of sp³-hybridized carbons (Fsp3) is 1.00. The van der Waals surface area contributed by atoms with Crippen LogP contribution in [-0.2, 0) is 21.7 Å². The summed E-state index contributed by atoms with van der Waals surface area (Å²) in [6.45, 7) is 12.9. The Morgan fingerprint density at radius 2 is 0.917 bits per heavy atom. The van der Waals surface area contributed by atoms with E-state index in [2.05, 4.69) is 41.5 Å². The number of hydrogen-bond donors (Lipinski definition) is 1. The fourth-order valence-corrected chi connectivity index (χ4v) is 6.00. The van der Waals surface area contributed by atoms with Gasteiger partial charge in [0.05, 0.1) is 0 Å². The van der Waals surface area contributed by atoms with Crippen LogP contribution in [0.15, 0.2) is 0 Å². The molecule has 0 aliphatic heterocycles. The predicted octanol–water partition coefficient (Wildman–Crippen LogP) is 3.15. The topological polar surface area (TPSA) is 20.2 Å². The Hall–Kier alpha value is 0.891. The van der Waals surface area contributed by atoms with Gasteiger partial charge >= 0.3 is 0 Å². The molecular formula is C9H22OSiTi. The zero-order valence-corrected chi connectivity index (χ0v) is 11.7. The second kappa shape index (κ2) is 5.59. The van der Waals surface area contributed by atoms with Crippen LogP contribution in [0.1, 0.15) is 41.5 Å². The summed E-state index contributed by atoms with van der Waals surface area (Å²) < 4.78 is 0. The van der Waals surface area contributed by atoms with Crippen LogP contribution >= 0.6 is 0 Å². The summed E-state index contributed by atoms with van der Waals surface area (Å²) in [5.74, 6) is 0. The average Bonchev–Trinajstić information content (AvgIpc) is 1.84. The van der Waals surface area contributed by atoms with Crippen LogP contribution in [0.3, 0.4) is 0 Å². The van der Waals surface area contributed by atoms with Gasteiger partial charge < -0.3 is 4.80 Å². The molecule has 12 heavy (non-hydrogen) atoms. The fourth-order valence-electron chi connectivity index (χ4n) is 2.00. The molecule has 0 saturated heterocycles. The quantitative estimate of drug-likeness (QED) is 0.727. The van der Waals surface area contributed by atoms with Gasteiger partial charge in [0.1, 0.15) is 0 Å². The molecule has 0 aromatic heterocycles. The standard InChI is InChI=1S/C9H22OSi.Ti/c1-7(2)11(10,8(3)4)9(5)6;/h7-10H,1-6H3;.